The van der Waals surface area contributed by atoms with Crippen LogP contribution in [0.5, 0.6) is 0 Å². The maximum atomic E-state index is 14.9. The van der Waals surface area contributed by atoms with Crippen LogP contribution in [0.3, 0.4) is 0 Å². The van der Waals surface area contributed by atoms with E-state index in [0.717, 1.165) is 28.5 Å². The van der Waals surface area contributed by atoms with Gasteiger partial charge in [-0.2, -0.15) is 0 Å². The molecule has 3 aromatic rings. The largest absolute Gasteiger partial charge is 0.458 e. The lowest BCUT2D eigenvalue weighted by molar-refractivity contribution is -0.157. The molecule has 9 heteroatoms. The molecule has 0 fully saturated rings. The molecule has 0 saturated heterocycles. The number of cyclic esters (lactones) is 1. The minimum atomic E-state index is -1.53. The molecule has 196 valence electrons. The molecule has 1 aromatic carbocycles. The van der Waals surface area contributed by atoms with Gasteiger partial charge in [-0.1, -0.05) is 13.8 Å². The number of aromatic nitrogens is 2. The summed E-state index contributed by atoms with van der Waals surface area (Å²) in [4.78, 5) is 32.3. The van der Waals surface area contributed by atoms with Crippen LogP contribution in [0, 0.1) is 12.7 Å². The fourth-order valence-electron chi connectivity index (χ4n) is 6.11. The Kier molecular flexibility index (Phi) is 6.21. The number of fused-ring (bicyclic) bond motifs is 5. The lowest BCUT2D eigenvalue weighted by atomic mass is 9.73. The van der Waals surface area contributed by atoms with Crippen LogP contribution in [-0.4, -0.2) is 50.8 Å². The van der Waals surface area contributed by atoms with Gasteiger partial charge in [0.2, 0.25) is 0 Å². The summed E-state index contributed by atoms with van der Waals surface area (Å²) >= 11 is 0. The van der Waals surface area contributed by atoms with Gasteiger partial charge in [0.05, 0.1) is 35.6 Å². The molecule has 1 aliphatic carbocycles. The van der Waals surface area contributed by atoms with E-state index >= 15 is 0 Å². The number of esters is 1. The van der Waals surface area contributed by atoms with E-state index in [1.165, 1.54) is 6.07 Å². The van der Waals surface area contributed by atoms with E-state index in [-0.39, 0.29) is 42.3 Å². The Morgan fingerprint density at radius 1 is 1.24 bits per heavy atom. The smallest absolute Gasteiger partial charge is 0.340 e. The predicted molar refractivity (Wildman–Crippen MR) is 137 cm³/mol. The van der Waals surface area contributed by atoms with Gasteiger partial charge in [-0.15, -0.1) is 0 Å². The predicted octanol–water partition coefficient (Wildman–Crippen LogP) is 3.07. The second kappa shape index (κ2) is 9.01. The molecule has 2 aromatic heterocycles. The fourth-order valence-corrected chi connectivity index (χ4v) is 6.11. The number of likely N-dealkylation sites (N-methyl/N-ethyl adjacent to an activating group) is 1. The maximum Gasteiger partial charge on any atom is 0.340 e. The number of benzene rings is 1. The minimum absolute atomic E-state index is 0.00384. The Morgan fingerprint density at radius 2 is 1.97 bits per heavy atom. The van der Waals surface area contributed by atoms with Crippen LogP contribution in [0.4, 0.5) is 4.39 Å². The van der Waals surface area contributed by atoms with Crippen LogP contribution in [-0.2, 0) is 34.6 Å². The number of carbonyl (C=O) groups excluding carboxylic acids is 1. The average Bonchev–Trinajstić information content (AvgIpc) is 3.25. The highest BCUT2D eigenvalue weighted by atomic mass is 19.1. The first-order valence-corrected chi connectivity index (χ1v) is 12.8. The van der Waals surface area contributed by atoms with Crippen molar-refractivity contribution in [3.63, 3.8) is 0 Å². The van der Waals surface area contributed by atoms with Gasteiger partial charge < -0.3 is 19.5 Å². The van der Waals surface area contributed by atoms with Crippen molar-refractivity contribution in [3.8, 4) is 11.4 Å². The Balaban J connectivity index is 0.00000137. The van der Waals surface area contributed by atoms with Gasteiger partial charge in [0.25, 0.3) is 5.56 Å². The van der Waals surface area contributed by atoms with Gasteiger partial charge >= 0.3 is 5.97 Å². The van der Waals surface area contributed by atoms with E-state index in [2.05, 4.69) is 11.8 Å². The van der Waals surface area contributed by atoms with Crippen molar-refractivity contribution in [1.29, 1.82) is 0 Å². The van der Waals surface area contributed by atoms with Crippen molar-refractivity contribution in [1.82, 2.24) is 14.5 Å². The van der Waals surface area contributed by atoms with E-state index in [0.29, 0.717) is 35.4 Å². The molecular formula is C28H32FN3O5. The zero-order chi connectivity index (χ0) is 26.8. The summed E-state index contributed by atoms with van der Waals surface area (Å²) in [6, 6.07) is 3.09. The number of carbonyl (C=O) groups is 1. The first-order valence-electron chi connectivity index (χ1n) is 12.8. The number of halogens is 1. The van der Waals surface area contributed by atoms with Gasteiger partial charge in [-0.3, -0.25) is 9.69 Å². The summed E-state index contributed by atoms with van der Waals surface area (Å²) in [5.41, 5.74) is 4.65. The summed E-state index contributed by atoms with van der Waals surface area (Å²) in [6.07, 6.45) is -0.144. The Bertz CT molecular complexity index is 1510. The standard InChI is InChI=1S/C26H26FN3O5.C2H6/c1-12-13-4-5-26(2,29(3)6-7-31)21-15-10-30-19(22(15)28-18(20(13)21)9-17(12)27)8-14-16(24(30)33)11-35-25(34)23(14)32;1-2/h8-9,23,31-32H,4-7,10-11H2,1-3H3;1-2H3. The number of aliphatic hydroxyl groups excluding tert-OH is 2. The first-order chi connectivity index (χ1) is 17.7. The summed E-state index contributed by atoms with van der Waals surface area (Å²) in [5, 5.41) is 21.0. The molecule has 0 saturated carbocycles. The van der Waals surface area contributed by atoms with E-state index in [4.69, 9.17) is 9.72 Å². The molecule has 0 amide bonds. The van der Waals surface area contributed by atoms with Gasteiger partial charge in [0, 0.05) is 34.7 Å². The van der Waals surface area contributed by atoms with E-state index < -0.39 is 17.6 Å². The van der Waals surface area contributed by atoms with Crippen LogP contribution in [0.1, 0.15) is 66.7 Å². The highest BCUT2D eigenvalue weighted by molar-refractivity contribution is 5.93. The first kappa shape index (κ1) is 25.5. The number of hydrogen-bond acceptors (Lipinski definition) is 7. The van der Waals surface area contributed by atoms with Gasteiger partial charge in [-0.05, 0) is 56.5 Å². The van der Waals surface area contributed by atoms with E-state index in [1.54, 1.807) is 17.6 Å². The second-order valence-corrected chi connectivity index (χ2v) is 9.95. The van der Waals surface area contributed by atoms with Crippen LogP contribution < -0.4 is 5.56 Å². The van der Waals surface area contributed by atoms with Crippen LogP contribution in [0.2, 0.25) is 0 Å². The summed E-state index contributed by atoms with van der Waals surface area (Å²) in [5.74, 6) is -1.11. The summed E-state index contributed by atoms with van der Waals surface area (Å²) in [6.45, 7) is 8.44. The number of rotatable bonds is 3. The average molecular weight is 510 g/mol. The molecule has 8 nitrogen and oxygen atoms in total. The van der Waals surface area contributed by atoms with Crippen LogP contribution in [0.25, 0.3) is 22.3 Å². The maximum absolute atomic E-state index is 14.9. The second-order valence-electron chi connectivity index (χ2n) is 9.95. The zero-order valence-corrected chi connectivity index (χ0v) is 21.8. The number of ether oxygens (including phenoxy) is 1. The van der Waals surface area contributed by atoms with Crippen molar-refractivity contribution >= 4 is 16.9 Å². The number of nitrogens with zero attached hydrogens (tertiary/aromatic N) is 3. The van der Waals surface area contributed by atoms with E-state index in [1.807, 2.05) is 20.9 Å². The third kappa shape index (κ3) is 3.48. The van der Waals surface area contributed by atoms with Crippen molar-refractivity contribution in [2.45, 2.75) is 65.3 Å². The summed E-state index contributed by atoms with van der Waals surface area (Å²) < 4.78 is 21.5. The van der Waals surface area contributed by atoms with Crippen LogP contribution in [0.15, 0.2) is 16.9 Å². The molecule has 2 atom stereocenters. The monoisotopic (exact) mass is 509 g/mol. The molecule has 4 heterocycles. The minimum Gasteiger partial charge on any atom is -0.458 e. The number of aryl methyl sites for hydroxylation is 1. The topological polar surface area (TPSA) is 105 Å². The Morgan fingerprint density at radius 3 is 2.68 bits per heavy atom. The lowest BCUT2D eigenvalue weighted by Crippen LogP contribution is -2.45. The van der Waals surface area contributed by atoms with Crippen molar-refractivity contribution in [2.75, 3.05) is 20.2 Å². The zero-order valence-electron chi connectivity index (χ0n) is 21.8. The number of aliphatic hydroxyl groups is 2. The molecule has 0 radical (unpaired) electrons. The molecule has 6 rings (SSSR count). The van der Waals surface area contributed by atoms with Gasteiger partial charge in [-0.25, -0.2) is 14.2 Å². The Labute approximate surface area is 214 Å². The molecule has 2 aliphatic heterocycles. The molecule has 3 aliphatic rings. The highest BCUT2D eigenvalue weighted by Crippen LogP contribution is 2.49. The third-order valence-electron chi connectivity index (χ3n) is 8.25. The van der Waals surface area contributed by atoms with Crippen molar-refractivity contribution in [2.24, 2.45) is 0 Å². The fraction of sp³-hybridized carbons (Fsp3) is 0.464. The molecule has 0 bridgehead atoms. The normalized spacial score (nSPS) is 21.2. The molecule has 37 heavy (non-hydrogen) atoms. The van der Waals surface area contributed by atoms with Gasteiger partial charge in [0.1, 0.15) is 12.4 Å². The van der Waals surface area contributed by atoms with E-state index in [9.17, 15) is 24.2 Å². The number of hydrogen-bond donors (Lipinski definition) is 2. The molecule has 0 spiro atoms. The highest BCUT2D eigenvalue weighted by Gasteiger charge is 2.43. The Hall–Kier alpha value is -3.14. The quantitative estimate of drug-likeness (QED) is 0.409. The van der Waals surface area contributed by atoms with Crippen LogP contribution >= 0.6 is 0 Å². The number of pyridine rings is 2. The SMILES string of the molecule is CC.Cc1c(F)cc2nc3c(c4c2c1CCC4(C)N(C)CCO)Cn1c-3cc2c(c1=O)COC(=O)C2O. The van der Waals surface area contributed by atoms with Crippen molar-refractivity contribution in [3.05, 3.63) is 61.7 Å². The molecule has 2 unspecified atom stereocenters. The van der Waals surface area contributed by atoms with Crippen molar-refractivity contribution < 1.29 is 24.1 Å². The third-order valence-corrected chi connectivity index (χ3v) is 8.25. The molecule has 2 N–H and O–H groups in total. The van der Waals surface area contributed by atoms with Gasteiger partial charge in [0.15, 0.2) is 6.10 Å². The lowest BCUT2D eigenvalue weighted by Gasteiger charge is -2.44. The molecular weight excluding hydrogens is 477 g/mol. The summed E-state index contributed by atoms with van der Waals surface area (Å²) in [7, 11) is 1.96.